The van der Waals surface area contributed by atoms with E-state index in [0.29, 0.717) is 11.4 Å². The lowest BCUT2D eigenvalue weighted by Crippen LogP contribution is -2.15. The molecule has 102 valence electrons. The van der Waals surface area contributed by atoms with Crippen LogP contribution in [0.15, 0.2) is 40.7 Å². The fraction of sp³-hybridized carbons (Fsp3) is 0.231. The maximum absolute atomic E-state index is 12.1. The van der Waals surface area contributed by atoms with Crippen molar-refractivity contribution in [3.8, 4) is 0 Å². The van der Waals surface area contributed by atoms with E-state index in [9.17, 15) is 4.79 Å². The Hall–Kier alpha value is -2.15. The first-order valence-electron chi connectivity index (χ1n) is 6.10. The number of aromatic nitrogens is 5. The van der Waals surface area contributed by atoms with Crippen molar-refractivity contribution < 1.29 is 0 Å². The van der Waals surface area contributed by atoms with E-state index in [2.05, 4.69) is 15.2 Å². The molecule has 0 aliphatic carbocycles. The van der Waals surface area contributed by atoms with Gasteiger partial charge in [0.05, 0.1) is 5.69 Å². The topological polar surface area (TPSA) is 65.1 Å². The number of hydrogen-bond donors (Lipinski definition) is 0. The molecule has 0 aromatic carbocycles. The second kappa shape index (κ2) is 5.09. The van der Waals surface area contributed by atoms with Crippen LogP contribution < -0.4 is 5.56 Å². The number of aryl methyl sites for hydroxylation is 2. The largest absolute Gasteiger partial charge is 0.312 e. The van der Waals surface area contributed by atoms with Crippen LogP contribution in [0.4, 0.5) is 0 Å². The molecule has 0 spiro atoms. The van der Waals surface area contributed by atoms with Crippen LogP contribution in [0.2, 0.25) is 0 Å². The van der Waals surface area contributed by atoms with Gasteiger partial charge in [0, 0.05) is 25.1 Å². The number of thioether (sulfide) groups is 1. The highest BCUT2D eigenvalue weighted by Crippen LogP contribution is 2.18. The standard InChI is InChI=1S/C13H13N5OS/c1-9-4-3-5-18-11(19)6-10(15-12(9)18)7-20-13-16-14-8-17(13)2/h3-6,8H,7H2,1-2H3. The number of fused-ring (bicyclic) bond motifs is 1. The van der Waals surface area contributed by atoms with Crippen molar-refractivity contribution in [1.29, 1.82) is 0 Å². The molecule has 20 heavy (non-hydrogen) atoms. The second-order valence-corrected chi connectivity index (χ2v) is 5.43. The van der Waals surface area contributed by atoms with Crippen LogP contribution in [-0.2, 0) is 12.8 Å². The Bertz CT molecular complexity index is 823. The third-order valence-corrected chi connectivity index (χ3v) is 4.03. The van der Waals surface area contributed by atoms with Crippen LogP contribution in [0.1, 0.15) is 11.3 Å². The van der Waals surface area contributed by atoms with Crippen molar-refractivity contribution in [3.63, 3.8) is 0 Å². The molecule has 3 aromatic heterocycles. The predicted octanol–water partition coefficient (Wildman–Crippen LogP) is 1.42. The lowest BCUT2D eigenvalue weighted by Gasteiger charge is -2.05. The first-order chi connectivity index (χ1) is 9.65. The third-order valence-electron chi connectivity index (χ3n) is 2.96. The molecule has 0 aliphatic rings. The predicted molar refractivity (Wildman–Crippen MR) is 76.8 cm³/mol. The van der Waals surface area contributed by atoms with Gasteiger partial charge in [-0.05, 0) is 18.6 Å². The summed E-state index contributed by atoms with van der Waals surface area (Å²) in [6.45, 7) is 1.95. The summed E-state index contributed by atoms with van der Waals surface area (Å²) in [5.41, 5.74) is 2.37. The van der Waals surface area contributed by atoms with Crippen LogP contribution in [-0.4, -0.2) is 24.1 Å². The lowest BCUT2D eigenvalue weighted by atomic mass is 10.3. The van der Waals surface area contributed by atoms with Gasteiger partial charge in [0.2, 0.25) is 0 Å². The van der Waals surface area contributed by atoms with Gasteiger partial charge < -0.3 is 4.57 Å². The summed E-state index contributed by atoms with van der Waals surface area (Å²) in [5, 5.41) is 8.62. The van der Waals surface area contributed by atoms with Crippen molar-refractivity contribution in [3.05, 3.63) is 52.3 Å². The van der Waals surface area contributed by atoms with Gasteiger partial charge in [-0.1, -0.05) is 17.8 Å². The molecule has 0 radical (unpaired) electrons. The minimum atomic E-state index is -0.0627. The zero-order valence-electron chi connectivity index (χ0n) is 11.1. The van der Waals surface area contributed by atoms with Gasteiger partial charge in [-0.2, -0.15) is 0 Å². The Labute approximate surface area is 119 Å². The Morgan fingerprint density at radius 3 is 3.00 bits per heavy atom. The minimum absolute atomic E-state index is 0.0627. The van der Waals surface area contributed by atoms with E-state index in [-0.39, 0.29) is 5.56 Å². The first-order valence-corrected chi connectivity index (χ1v) is 7.08. The molecule has 0 fully saturated rings. The van der Waals surface area contributed by atoms with Gasteiger partial charge in [0.15, 0.2) is 5.16 Å². The summed E-state index contributed by atoms with van der Waals surface area (Å²) >= 11 is 1.51. The third kappa shape index (κ3) is 2.32. The molecule has 0 saturated heterocycles. The zero-order valence-corrected chi connectivity index (χ0v) is 12.0. The summed E-state index contributed by atoms with van der Waals surface area (Å²) in [7, 11) is 1.88. The highest BCUT2D eigenvalue weighted by atomic mass is 32.2. The summed E-state index contributed by atoms with van der Waals surface area (Å²) in [5.74, 6) is 0.590. The van der Waals surface area contributed by atoms with Crippen molar-refractivity contribution in [2.75, 3.05) is 0 Å². The molecule has 7 heteroatoms. The molecular weight excluding hydrogens is 274 g/mol. The quantitative estimate of drug-likeness (QED) is 0.682. The van der Waals surface area contributed by atoms with Crippen molar-refractivity contribution >= 4 is 17.4 Å². The summed E-state index contributed by atoms with van der Waals surface area (Å²) < 4.78 is 3.40. The molecule has 0 N–H and O–H groups in total. The molecule has 0 saturated carbocycles. The van der Waals surface area contributed by atoms with E-state index in [4.69, 9.17) is 0 Å². The average molecular weight is 287 g/mol. The van der Waals surface area contributed by atoms with Crippen LogP contribution in [0, 0.1) is 6.92 Å². The minimum Gasteiger partial charge on any atom is -0.312 e. The van der Waals surface area contributed by atoms with Crippen molar-refractivity contribution in [1.82, 2.24) is 24.1 Å². The molecule has 0 amide bonds. The van der Waals surface area contributed by atoms with Crippen molar-refractivity contribution in [2.45, 2.75) is 17.8 Å². The monoisotopic (exact) mass is 287 g/mol. The van der Waals surface area contributed by atoms with Crippen LogP contribution in [0.25, 0.3) is 5.65 Å². The van der Waals surface area contributed by atoms with Gasteiger partial charge in [0.25, 0.3) is 5.56 Å². The van der Waals surface area contributed by atoms with Crippen molar-refractivity contribution in [2.24, 2.45) is 7.05 Å². The lowest BCUT2D eigenvalue weighted by molar-refractivity contribution is 0.788. The fourth-order valence-electron chi connectivity index (χ4n) is 1.92. The molecule has 0 aliphatic heterocycles. The number of rotatable bonds is 3. The highest BCUT2D eigenvalue weighted by molar-refractivity contribution is 7.98. The van der Waals surface area contributed by atoms with E-state index >= 15 is 0 Å². The van der Waals surface area contributed by atoms with Crippen LogP contribution in [0.5, 0.6) is 0 Å². The average Bonchev–Trinajstić information content (AvgIpc) is 2.83. The zero-order chi connectivity index (χ0) is 14.1. The van der Waals surface area contributed by atoms with Gasteiger partial charge in [-0.3, -0.25) is 9.20 Å². The van der Waals surface area contributed by atoms with Crippen LogP contribution in [0.3, 0.4) is 0 Å². The maximum atomic E-state index is 12.1. The Kier molecular flexibility index (Phi) is 3.27. The maximum Gasteiger partial charge on any atom is 0.258 e. The molecule has 0 bridgehead atoms. The number of pyridine rings is 1. The van der Waals surface area contributed by atoms with E-state index in [1.807, 2.05) is 30.7 Å². The van der Waals surface area contributed by atoms with Gasteiger partial charge in [0.1, 0.15) is 12.0 Å². The summed E-state index contributed by atoms with van der Waals surface area (Å²) in [6, 6.07) is 5.36. The van der Waals surface area contributed by atoms with E-state index < -0.39 is 0 Å². The molecule has 0 unspecified atom stereocenters. The normalized spacial score (nSPS) is 11.1. The molecule has 3 aromatic rings. The second-order valence-electron chi connectivity index (χ2n) is 4.48. The van der Waals surface area contributed by atoms with E-state index in [1.54, 1.807) is 23.0 Å². The molecule has 6 nitrogen and oxygen atoms in total. The number of nitrogens with zero attached hydrogens (tertiary/aromatic N) is 5. The van der Waals surface area contributed by atoms with Gasteiger partial charge in [-0.25, -0.2) is 4.98 Å². The molecule has 3 heterocycles. The molecule has 0 atom stereocenters. The van der Waals surface area contributed by atoms with E-state index in [0.717, 1.165) is 16.4 Å². The Balaban J connectivity index is 1.95. The summed E-state index contributed by atoms with van der Waals surface area (Å²) in [6.07, 6.45) is 3.38. The Morgan fingerprint density at radius 1 is 1.40 bits per heavy atom. The highest BCUT2D eigenvalue weighted by Gasteiger charge is 2.07. The van der Waals surface area contributed by atoms with Crippen LogP contribution >= 0.6 is 11.8 Å². The Morgan fingerprint density at radius 2 is 2.25 bits per heavy atom. The van der Waals surface area contributed by atoms with Gasteiger partial charge >= 0.3 is 0 Å². The number of hydrogen-bond acceptors (Lipinski definition) is 5. The van der Waals surface area contributed by atoms with E-state index in [1.165, 1.54) is 11.8 Å². The first kappa shape index (κ1) is 12.9. The summed E-state index contributed by atoms with van der Waals surface area (Å²) in [4.78, 5) is 16.6. The molecule has 3 rings (SSSR count). The molecular formula is C13H13N5OS. The van der Waals surface area contributed by atoms with Gasteiger partial charge in [-0.15, -0.1) is 10.2 Å². The smallest absolute Gasteiger partial charge is 0.258 e. The fourth-order valence-corrected chi connectivity index (χ4v) is 2.71. The SMILES string of the molecule is Cc1cccn2c(=O)cc(CSc3nncn3C)nc12.